The molecular formula is C16H16N6O3. The molecule has 0 spiro atoms. The summed E-state index contributed by atoms with van der Waals surface area (Å²) in [6, 6.07) is 10.5. The van der Waals surface area contributed by atoms with Gasteiger partial charge in [0.25, 0.3) is 0 Å². The summed E-state index contributed by atoms with van der Waals surface area (Å²) in [5.41, 5.74) is 4.28. The van der Waals surface area contributed by atoms with Crippen LogP contribution in [-0.4, -0.2) is 39.0 Å². The van der Waals surface area contributed by atoms with Crippen LogP contribution in [0.15, 0.2) is 36.4 Å². The standard InChI is InChI=1S/C16H16N6O3/c1-9-7-12(21(2)16(25)15(24)18-17)14(23)13(8-9)22-19-10-5-3-4-6-11(10)20-22/h3-8,23H,17H2,1-2H3,(H,18,24). The normalized spacial score (nSPS) is 10.7. The zero-order chi connectivity index (χ0) is 18.1. The Kier molecular flexibility index (Phi) is 4.07. The molecule has 0 saturated carbocycles. The van der Waals surface area contributed by atoms with Crippen LogP contribution in [0.25, 0.3) is 16.7 Å². The van der Waals surface area contributed by atoms with Crippen molar-refractivity contribution in [3.05, 3.63) is 42.0 Å². The number of phenolic OH excluding ortho intramolecular Hbond substituents is 1. The summed E-state index contributed by atoms with van der Waals surface area (Å²) in [5.74, 6) is 2.86. The number of hydrazine groups is 1. The lowest BCUT2D eigenvalue weighted by Crippen LogP contribution is -2.44. The molecule has 9 heteroatoms. The van der Waals surface area contributed by atoms with Gasteiger partial charge in [-0.05, 0) is 36.8 Å². The van der Waals surface area contributed by atoms with Gasteiger partial charge in [-0.3, -0.25) is 15.0 Å². The van der Waals surface area contributed by atoms with Crippen molar-refractivity contribution in [3.63, 3.8) is 0 Å². The van der Waals surface area contributed by atoms with Crippen molar-refractivity contribution in [2.75, 3.05) is 11.9 Å². The lowest BCUT2D eigenvalue weighted by molar-refractivity contribution is -0.137. The summed E-state index contributed by atoms with van der Waals surface area (Å²) in [6.07, 6.45) is 0. The third-order valence-corrected chi connectivity index (χ3v) is 3.71. The fourth-order valence-corrected chi connectivity index (χ4v) is 2.44. The predicted molar refractivity (Wildman–Crippen MR) is 91.0 cm³/mol. The minimum atomic E-state index is -0.993. The first kappa shape index (κ1) is 16.4. The molecule has 2 amide bonds. The Balaban J connectivity index is 2.11. The van der Waals surface area contributed by atoms with Crippen molar-refractivity contribution in [2.45, 2.75) is 6.92 Å². The second-order valence-electron chi connectivity index (χ2n) is 5.47. The maximum Gasteiger partial charge on any atom is 0.323 e. The largest absolute Gasteiger partial charge is 0.504 e. The number of carbonyl (C=O) groups is 2. The lowest BCUT2D eigenvalue weighted by Gasteiger charge is -2.19. The molecule has 4 N–H and O–H groups in total. The van der Waals surface area contributed by atoms with Crippen LogP contribution in [0.1, 0.15) is 5.56 Å². The van der Waals surface area contributed by atoms with Crippen molar-refractivity contribution in [1.82, 2.24) is 20.4 Å². The van der Waals surface area contributed by atoms with E-state index in [1.165, 1.54) is 11.8 Å². The molecule has 0 fully saturated rings. The molecule has 0 radical (unpaired) electrons. The molecule has 0 aliphatic carbocycles. The van der Waals surface area contributed by atoms with E-state index in [2.05, 4.69) is 10.2 Å². The molecule has 9 nitrogen and oxygen atoms in total. The lowest BCUT2D eigenvalue weighted by atomic mass is 10.1. The van der Waals surface area contributed by atoms with Gasteiger partial charge in [0, 0.05) is 7.05 Å². The Hall–Kier alpha value is -3.46. The number of fused-ring (bicyclic) bond motifs is 1. The molecule has 128 valence electrons. The number of hydrogen-bond acceptors (Lipinski definition) is 6. The van der Waals surface area contributed by atoms with Gasteiger partial charge in [-0.2, -0.15) is 0 Å². The molecule has 2 aromatic carbocycles. The van der Waals surface area contributed by atoms with Gasteiger partial charge in [0.1, 0.15) is 16.7 Å². The number of anilines is 1. The average molecular weight is 340 g/mol. The van der Waals surface area contributed by atoms with Gasteiger partial charge >= 0.3 is 11.8 Å². The number of phenols is 1. The van der Waals surface area contributed by atoms with Gasteiger partial charge in [0.15, 0.2) is 5.75 Å². The smallest absolute Gasteiger partial charge is 0.323 e. The van der Waals surface area contributed by atoms with Gasteiger partial charge in [-0.1, -0.05) is 12.1 Å². The molecule has 25 heavy (non-hydrogen) atoms. The molecule has 0 saturated heterocycles. The highest BCUT2D eigenvalue weighted by atomic mass is 16.3. The SMILES string of the molecule is Cc1cc(N(C)C(=O)C(=O)NN)c(O)c(-n2nc3ccccc3n2)c1. The second-order valence-corrected chi connectivity index (χ2v) is 5.47. The fraction of sp³-hybridized carbons (Fsp3) is 0.125. The van der Waals surface area contributed by atoms with Gasteiger partial charge in [-0.15, -0.1) is 15.0 Å². The van der Waals surface area contributed by atoms with Crippen molar-refractivity contribution >= 4 is 28.5 Å². The quantitative estimate of drug-likeness (QED) is 0.268. The van der Waals surface area contributed by atoms with E-state index in [0.717, 1.165) is 10.5 Å². The maximum absolute atomic E-state index is 12.0. The molecule has 1 aromatic heterocycles. The number of likely N-dealkylation sites (N-methyl/N-ethyl adjacent to an activating group) is 1. The zero-order valence-corrected chi connectivity index (χ0v) is 13.6. The maximum atomic E-state index is 12.0. The Morgan fingerprint density at radius 1 is 1.20 bits per heavy atom. The summed E-state index contributed by atoms with van der Waals surface area (Å²) < 4.78 is 0. The van der Waals surface area contributed by atoms with Crippen LogP contribution in [0.2, 0.25) is 0 Å². The summed E-state index contributed by atoms with van der Waals surface area (Å²) in [6.45, 7) is 1.79. The minimum absolute atomic E-state index is 0.143. The van der Waals surface area contributed by atoms with E-state index in [0.29, 0.717) is 16.7 Å². The van der Waals surface area contributed by atoms with Crippen LogP contribution in [0.3, 0.4) is 0 Å². The number of amides is 2. The van der Waals surface area contributed by atoms with Crippen molar-refractivity contribution in [3.8, 4) is 11.4 Å². The summed E-state index contributed by atoms with van der Waals surface area (Å²) >= 11 is 0. The molecule has 0 aliphatic rings. The van der Waals surface area contributed by atoms with Crippen molar-refractivity contribution < 1.29 is 14.7 Å². The first-order chi connectivity index (χ1) is 11.9. The van der Waals surface area contributed by atoms with E-state index in [4.69, 9.17) is 5.84 Å². The van der Waals surface area contributed by atoms with E-state index >= 15 is 0 Å². The van der Waals surface area contributed by atoms with Gasteiger partial charge in [0.2, 0.25) is 0 Å². The number of aryl methyl sites for hydroxylation is 1. The Morgan fingerprint density at radius 2 is 1.80 bits per heavy atom. The van der Waals surface area contributed by atoms with E-state index in [1.54, 1.807) is 36.6 Å². The van der Waals surface area contributed by atoms with Crippen LogP contribution in [0.4, 0.5) is 5.69 Å². The third kappa shape index (κ3) is 2.88. The summed E-state index contributed by atoms with van der Waals surface area (Å²) in [4.78, 5) is 25.8. The van der Waals surface area contributed by atoms with Crippen LogP contribution >= 0.6 is 0 Å². The number of nitrogens with two attached hydrogens (primary N) is 1. The number of carbonyl (C=O) groups excluding carboxylic acids is 2. The van der Waals surface area contributed by atoms with E-state index in [9.17, 15) is 14.7 Å². The Morgan fingerprint density at radius 3 is 2.36 bits per heavy atom. The number of aromatic hydroxyl groups is 1. The molecule has 1 heterocycles. The highest BCUT2D eigenvalue weighted by Crippen LogP contribution is 2.34. The van der Waals surface area contributed by atoms with Crippen molar-refractivity contribution in [2.24, 2.45) is 5.84 Å². The average Bonchev–Trinajstić information content (AvgIpc) is 3.05. The van der Waals surface area contributed by atoms with Crippen LogP contribution in [0, 0.1) is 6.92 Å². The van der Waals surface area contributed by atoms with Crippen LogP contribution in [0.5, 0.6) is 5.75 Å². The first-order valence-electron chi connectivity index (χ1n) is 7.37. The molecule has 0 aliphatic heterocycles. The highest BCUT2D eigenvalue weighted by molar-refractivity contribution is 6.40. The number of benzene rings is 2. The van der Waals surface area contributed by atoms with Crippen molar-refractivity contribution in [1.29, 1.82) is 0 Å². The van der Waals surface area contributed by atoms with Gasteiger partial charge in [0.05, 0.1) is 5.69 Å². The number of aromatic nitrogens is 3. The molecule has 3 aromatic rings. The molecule has 0 bridgehead atoms. The molecule has 3 rings (SSSR count). The predicted octanol–water partition coefficient (Wildman–Crippen LogP) is 0.387. The number of nitrogens with one attached hydrogen (secondary N) is 1. The van der Waals surface area contributed by atoms with Crippen LogP contribution in [-0.2, 0) is 9.59 Å². The van der Waals surface area contributed by atoms with E-state index in [-0.39, 0.29) is 11.4 Å². The van der Waals surface area contributed by atoms with E-state index in [1.807, 2.05) is 12.1 Å². The number of hydrogen-bond donors (Lipinski definition) is 3. The van der Waals surface area contributed by atoms with Gasteiger partial charge in [-0.25, -0.2) is 5.84 Å². The first-order valence-corrected chi connectivity index (χ1v) is 7.37. The molecular weight excluding hydrogens is 324 g/mol. The Labute approximate surface area is 142 Å². The summed E-state index contributed by atoms with van der Waals surface area (Å²) in [5, 5.41) is 19.3. The summed E-state index contributed by atoms with van der Waals surface area (Å²) in [7, 11) is 1.36. The number of nitrogens with zero attached hydrogens (tertiary/aromatic N) is 4. The van der Waals surface area contributed by atoms with Crippen LogP contribution < -0.4 is 16.2 Å². The monoisotopic (exact) mass is 340 g/mol. The van der Waals surface area contributed by atoms with E-state index < -0.39 is 11.8 Å². The molecule has 0 atom stereocenters. The second kappa shape index (κ2) is 6.21. The van der Waals surface area contributed by atoms with Gasteiger partial charge < -0.3 is 10.0 Å². The third-order valence-electron chi connectivity index (χ3n) is 3.71. The molecule has 0 unspecified atom stereocenters. The Bertz CT molecular complexity index is 948. The zero-order valence-electron chi connectivity index (χ0n) is 13.6. The number of rotatable bonds is 2. The fourth-order valence-electron chi connectivity index (χ4n) is 2.44. The topological polar surface area (TPSA) is 126 Å². The highest BCUT2D eigenvalue weighted by Gasteiger charge is 2.24. The minimum Gasteiger partial charge on any atom is -0.504 e.